The molecule has 1 aliphatic rings. The number of benzene rings is 2. The highest BCUT2D eigenvalue weighted by Crippen LogP contribution is 2.23. The van der Waals surface area contributed by atoms with Crippen LogP contribution in [-0.4, -0.2) is 42.2 Å². The van der Waals surface area contributed by atoms with Crippen molar-refractivity contribution in [3.63, 3.8) is 0 Å². The van der Waals surface area contributed by atoms with E-state index in [4.69, 9.17) is 9.57 Å². The Morgan fingerprint density at radius 1 is 1.18 bits per heavy atom. The molecule has 3 aromatic rings. The molecule has 1 fully saturated rings. The SMILES string of the molecule is Cc1ccc(N(Cc2ccc(C(=O)NOC3CCCCO3)cc2)S(=O)(=O)Cn2ccnn2)cc1. The summed E-state index contributed by atoms with van der Waals surface area (Å²) in [6, 6.07) is 14.0. The summed E-state index contributed by atoms with van der Waals surface area (Å²) in [5, 5.41) is 7.46. The van der Waals surface area contributed by atoms with Crippen LogP contribution in [0.2, 0.25) is 0 Å². The molecule has 4 rings (SSSR count). The number of ether oxygens (including phenoxy) is 1. The molecule has 1 amide bonds. The summed E-state index contributed by atoms with van der Waals surface area (Å²) in [7, 11) is -3.78. The quantitative estimate of drug-likeness (QED) is 0.463. The number of nitrogens with zero attached hydrogens (tertiary/aromatic N) is 4. The lowest BCUT2D eigenvalue weighted by atomic mass is 10.1. The Balaban J connectivity index is 1.47. The highest BCUT2D eigenvalue weighted by molar-refractivity contribution is 7.91. The fourth-order valence-corrected chi connectivity index (χ4v) is 4.91. The fraction of sp³-hybridized carbons (Fsp3) is 0.348. The van der Waals surface area contributed by atoms with E-state index in [-0.39, 0.29) is 12.4 Å². The number of nitrogens with one attached hydrogen (secondary N) is 1. The second kappa shape index (κ2) is 10.8. The van der Waals surface area contributed by atoms with Gasteiger partial charge in [0.1, 0.15) is 0 Å². The zero-order valence-corrected chi connectivity index (χ0v) is 19.6. The number of aromatic nitrogens is 3. The molecule has 10 nitrogen and oxygen atoms in total. The summed E-state index contributed by atoms with van der Waals surface area (Å²) in [5.74, 6) is -0.739. The number of hydrogen-bond donors (Lipinski definition) is 1. The zero-order valence-electron chi connectivity index (χ0n) is 18.8. The van der Waals surface area contributed by atoms with Gasteiger partial charge in [-0.2, -0.15) is 0 Å². The van der Waals surface area contributed by atoms with E-state index in [2.05, 4.69) is 15.8 Å². The molecule has 0 spiro atoms. The Hall–Kier alpha value is -3.28. The smallest absolute Gasteiger partial charge is 0.274 e. The zero-order chi connectivity index (χ0) is 24.0. The monoisotopic (exact) mass is 485 g/mol. The second-order valence-electron chi connectivity index (χ2n) is 8.07. The topological polar surface area (TPSA) is 116 Å². The van der Waals surface area contributed by atoms with Crippen molar-refractivity contribution in [2.75, 3.05) is 10.9 Å². The Morgan fingerprint density at radius 3 is 2.59 bits per heavy atom. The van der Waals surface area contributed by atoms with E-state index in [9.17, 15) is 13.2 Å². The first-order valence-corrected chi connectivity index (χ1v) is 12.6. The van der Waals surface area contributed by atoms with Crippen LogP contribution < -0.4 is 9.79 Å². The van der Waals surface area contributed by atoms with E-state index in [0.29, 0.717) is 17.9 Å². The number of hydroxylamine groups is 1. The maximum atomic E-state index is 13.2. The van der Waals surface area contributed by atoms with E-state index >= 15 is 0 Å². The van der Waals surface area contributed by atoms with Crippen LogP contribution in [0.4, 0.5) is 5.69 Å². The number of aryl methyl sites for hydroxylation is 1. The van der Waals surface area contributed by atoms with Gasteiger partial charge in [-0.15, -0.1) is 5.10 Å². The van der Waals surface area contributed by atoms with E-state index in [0.717, 1.165) is 30.4 Å². The van der Waals surface area contributed by atoms with E-state index in [1.807, 2.05) is 19.1 Å². The molecule has 0 radical (unpaired) electrons. The molecule has 0 saturated carbocycles. The van der Waals surface area contributed by atoms with Gasteiger partial charge in [0.15, 0.2) is 12.2 Å². The number of rotatable bonds is 9. The van der Waals surface area contributed by atoms with Crippen molar-refractivity contribution < 1.29 is 22.8 Å². The Kier molecular flexibility index (Phi) is 7.56. The maximum absolute atomic E-state index is 13.2. The number of carbonyl (C=O) groups is 1. The van der Waals surface area contributed by atoms with E-state index < -0.39 is 22.2 Å². The van der Waals surface area contributed by atoms with Crippen LogP contribution in [0.25, 0.3) is 0 Å². The minimum absolute atomic E-state index is 0.0917. The Bertz CT molecular complexity index is 1180. The summed E-state index contributed by atoms with van der Waals surface area (Å²) >= 11 is 0. The predicted octanol–water partition coefficient (Wildman–Crippen LogP) is 2.77. The minimum atomic E-state index is -3.78. The predicted molar refractivity (Wildman–Crippen MR) is 125 cm³/mol. The first-order chi connectivity index (χ1) is 16.4. The molecule has 0 bridgehead atoms. The lowest BCUT2D eigenvalue weighted by Gasteiger charge is -2.25. The first-order valence-electron chi connectivity index (χ1n) is 11.0. The summed E-state index contributed by atoms with van der Waals surface area (Å²) in [6.45, 7) is 2.65. The van der Waals surface area contributed by atoms with Gasteiger partial charge in [-0.05, 0) is 49.6 Å². The van der Waals surface area contributed by atoms with Gasteiger partial charge in [-0.25, -0.2) is 23.4 Å². The van der Waals surface area contributed by atoms with Crippen LogP contribution >= 0.6 is 0 Å². The molecule has 1 atom stereocenters. The van der Waals surface area contributed by atoms with Gasteiger partial charge in [0.25, 0.3) is 15.9 Å². The molecule has 11 heteroatoms. The Labute approximate surface area is 198 Å². The van der Waals surface area contributed by atoms with Gasteiger partial charge >= 0.3 is 0 Å². The molecule has 2 heterocycles. The van der Waals surface area contributed by atoms with Crippen LogP contribution in [-0.2, 0) is 32.0 Å². The summed E-state index contributed by atoms with van der Waals surface area (Å²) in [6.07, 6.45) is 5.21. The molecule has 180 valence electrons. The number of hydrogen-bond acceptors (Lipinski definition) is 7. The maximum Gasteiger partial charge on any atom is 0.274 e. The van der Waals surface area contributed by atoms with Crippen molar-refractivity contribution in [1.29, 1.82) is 0 Å². The molecular formula is C23H27N5O5S. The molecule has 1 N–H and O–H groups in total. The van der Waals surface area contributed by atoms with Gasteiger partial charge in [0.2, 0.25) is 0 Å². The van der Waals surface area contributed by atoms with Crippen LogP contribution in [0.15, 0.2) is 60.9 Å². The molecule has 1 unspecified atom stereocenters. The third kappa shape index (κ3) is 6.19. The van der Waals surface area contributed by atoms with E-state index in [1.54, 1.807) is 36.4 Å². The van der Waals surface area contributed by atoms with Crippen molar-refractivity contribution in [3.05, 3.63) is 77.6 Å². The number of carbonyl (C=O) groups excluding carboxylic acids is 1. The van der Waals surface area contributed by atoms with Crippen molar-refractivity contribution in [3.8, 4) is 0 Å². The average Bonchev–Trinajstić information content (AvgIpc) is 3.35. The summed E-state index contributed by atoms with van der Waals surface area (Å²) in [5.41, 5.74) is 5.09. The first kappa shape index (κ1) is 23.9. The fourth-order valence-electron chi connectivity index (χ4n) is 3.51. The molecule has 1 aromatic heterocycles. The van der Waals surface area contributed by atoms with Gasteiger partial charge < -0.3 is 4.74 Å². The lowest BCUT2D eigenvalue weighted by Crippen LogP contribution is -2.34. The van der Waals surface area contributed by atoms with Crippen molar-refractivity contribution in [2.24, 2.45) is 0 Å². The second-order valence-corrected chi connectivity index (χ2v) is 9.93. The lowest BCUT2D eigenvalue weighted by molar-refractivity contribution is -0.186. The van der Waals surface area contributed by atoms with Crippen molar-refractivity contribution in [2.45, 2.75) is 44.9 Å². The molecule has 0 aliphatic carbocycles. The highest BCUT2D eigenvalue weighted by atomic mass is 32.2. The van der Waals surface area contributed by atoms with Crippen molar-refractivity contribution >= 4 is 21.6 Å². The van der Waals surface area contributed by atoms with Crippen LogP contribution in [0.1, 0.15) is 40.7 Å². The third-order valence-electron chi connectivity index (χ3n) is 5.39. The molecular weight excluding hydrogens is 458 g/mol. The van der Waals surface area contributed by atoms with E-state index in [1.165, 1.54) is 21.4 Å². The van der Waals surface area contributed by atoms with Crippen LogP contribution in [0, 0.1) is 6.92 Å². The van der Waals surface area contributed by atoms with Gasteiger partial charge in [-0.3, -0.25) is 9.10 Å². The Morgan fingerprint density at radius 2 is 1.94 bits per heavy atom. The van der Waals surface area contributed by atoms with Crippen molar-refractivity contribution in [1.82, 2.24) is 20.5 Å². The van der Waals surface area contributed by atoms with Crippen LogP contribution in [0.3, 0.4) is 0 Å². The third-order valence-corrected chi connectivity index (χ3v) is 6.99. The average molecular weight is 486 g/mol. The number of amides is 1. The number of sulfonamides is 1. The normalized spacial score (nSPS) is 16.2. The highest BCUT2D eigenvalue weighted by Gasteiger charge is 2.24. The molecule has 1 aliphatic heterocycles. The largest absolute Gasteiger partial charge is 0.350 e. The van der Waals surface area contributed by atoms with Gasteiger partial charge in [0.05, 0.1) is 18.4 Å². The number of anilines is 1. The summed E-state index contributed by atoms with van der Waals surface area (Å²) < 4.78 is 34.5. The molecule has 34 heavy (non-hydrogen) atoms. The van der Waals surface area contributed by atoms with Gasteiger partial charge in [0, 0.05) is 24.8 Å². The summed E-state index contributed by atoms with van der Waals surface area (Å²) in [4.78, 5) is 17.7. The molecule has 1 saturated heterocycles. The molecule has 2 aromatic carbocycles. The standard InChI is InChI=1S/C23H27N5O5S/c1-18-5-11-21(12-6-18)28(34(30,31)17-27-14-13-24-26-27)16-19-7-9-20(10-8-19)23(29)25-33-22-4-2-3-15-32-22/h5-14,22H,2-4,15-17H2,1H3,(H,25,29). The van der Waals surface area contributed by atoms with Gasteiger partial charge in [-0.1, -0.05) is 35.0 Å². The minimum Gasteiger partial charge on any atom is -0.350 e. The van der Waals surface area contributed by atoms with Crippen LogP contribution in [0.5, 0.6) is 0 Å².